The third-order valence-electron chi connectivity index (χ3n) is 9.49. The summed E-state index contributed by atoms with van der Waals surface area (Å²) < 4.78 is 33.5. The maximum atomic E-state index is 12.8. The summed E-state index contributed by atoms with van der Waals surface area (Å²) in [7, 11) is 0. The van der Waals surface area contributed by atoms with Gasteiger partial charge in [0.2, 0.25) is 11.8 Å². The number of ether oxygens (including phenoxy) is 6. The van der Waals surface area contributed by atoms with E-state index < -0.39 is 166 Å². The van der Waals surface area contributed by atoms with Gasteiger partial charge in [0.1, 0.15) is 91.7 Å². The Bertz CT molecular complexity index is 1320. The van der Waals surface area contributed by atoms with Gasteiger partial charge in [0.05, 0.1) is 38.1 Å². The van der Waals surface area contributed by atoms with E-state index in [1.54, 1.807) is 0 Å². The molecule has 3 heterocycles. The lowest BCUT2D eigenvalue weighted by Gasteiger charge is -2.50. The number of hydrogen-bond donors (Lipinski definition) is 15. The third kappa shape index (κ3) is 10.7. The van der Waals surface area contributed by atoms with Gasteiger partial charge in [-0.3, -0.25) is 9.59 Å². The van der Waals surface area contributed by atoms with Crippen molar-refractivity contribution in [2.24, 2.45) is 0 Å². The first-order valence-electron chi connectivity index (χ1n) is 17.3. The average molecular weight is 821 g/mol. The largest absolute Gasteiger partial charge is 0.477 e. The SMILES string of the molecule is CC(=O)N[C@H]1[C@H]([C@H](O)[C@@H](O)CO)O[C@@](O[C@H]2[C@H](O)[C@@H](O[C@H]([C@@H](O[C@@H]3O[C@H](C)[C@@H](O)[C@H](O)[C@@H]3O)[C@@H](C=O)NC(C)=O)[C@H](O)CO)O[C@@H](CO)[C@@H]2O)(C(=O)O)C[C@@H]1O. The maximum Gasteiger partial charge on any atom is 0.364 e. The van der Waals surface area contributed by atoms with Crippen LogP contribution in [0.2, 0.25) is 0 Å². The lowest BCUT2D eigenvalue weighted by atomic mass is 9.88. The average Bonchev–Trinajstić information content (AvgIpc) is 3.15. The molecule has 3 saturated heterocycles. The number of carboxylic acid groups (broad SMARTS) is 1. The van der Waals surface area contributed by atoms with E-state index in [1.165, 1.54) is 6.92 Å². The summed E-state index contributed by atoms with van der Waals surface area (Å²) in [6.45, 7) is -0.175. The van der Waals surface area contributed by atoms with E-state index in [4.69, 9.17) is 28.4 Å². The molecule has 0 unspecified atom stereocenters. The Labute approximate surface area is 317 Å². The zero-order valence-electron chi connectivity index (χ0n) is 30.3. The van der Waals surface area contributed by atoms with Crippen LogP contribution in [0.5, 0.6) is 0 Å². The second kappa shape index (κ2) is 20.4. The van der Waals surface area contributed by atoms with Crippen LogP contribution < -0.4 is 10.6 Å². The van der Waals surface area contributed by atoms with E-state index in [0.29, 0.717) is 0 Å². The normalized spacial score (nSPS) is 39.7. The molecule has 56 heavy (non-hydrogen) atoms. The summed E-state index contributed by atoms with van der Waals surface area (Å²) in [5, 5.41) is 141. The molecule has 3 fully saturated rings. The number of nitrogens with one attached hydrogen (secondary N) is 2. The van der Waals surface area contributed by atoms with Crippen molar-refractivity contribution in [2.45, 2.75) is 149 Å². The minimum absolute atomic E-state index is 0.0793. The van der Waals surface area contributed by atoms with Crippen molar-refractivity contribution in [1.82, 2.24) is 10.6 Å². The molecule has 0 radical (unpaired) electrons. The number of rotatable bonds is 18. The summed E-state index contributed by atoms with van der Waals surface area (Å²) in [5.41, 5.74) is 0. The van der Waals surface area contributed by atoms with Gasteiger partial charge in [0.25, 0.3) is 5.79 Å². The fourth-order valence-electron chi connectivity index (χ4n) is 6.49. The number of carboxylic acids is 1. The zero-order valence-corrected chi connectivity index (χ0v) is 30.3. The molecule has 0 aromatic rings. The van der Waals surface area contributed by atoms with Crippen molar-refractivity contribution >= 4 is 24.1 Å². The van der Waals surface area contributed by atoms with Gasteiger partial charge < -0.3 is 110 Å². The molecular formula is C31H52N2O23. The number of hydrogen-bond acceptors (Lipinski definition) is 22. The maximum absolute atomic E-state index is 12.8. The molecule has 20 atom stereocenters. The molecule has 2 amide bonds. The number of aldehydes is 1. The topological polar surface area (TPSA) is 411 Å². The molecule has 0 aromatic carbocycles. The first-order valence-corrected chi connectivity index (χ1v) is 17.3. The van der Waals surface area contributed by atoms with Crippen LogP contribution in [0.4, 0.5) is 0 Å². The summed E-state index contributed by atoms with van der Waals surface area (Å²) in [5.74, 6) is -6.89. The highest BCUT2D eigenvalue weighted by molar-refractivity contribution is 5.78. The second-order valence-corrected chi connectivity index (χ2v) is 13.7. The monoisotopic (exact) mass is 820 g/mol. The second-order valence-electron chi connectivity index (χ2n) is 13.7. The lowest BCUT2D eigenvalue weighted by Crippen LogP contribution is -2.70. The molecule has 0 aromatic heterocycles. The van der Waals surface area contributed by atoms with Gasteiger partial charge in [-0.05, 0) is 6.92 Å². The number of aliphatic hydroxyl groups excluding tert-OH is 12. The molecule has 3 aliphatic rings. The first-order chi connectivity index (χ1) is 26.2. The van der Waals surface area contributed by atoms with E-state index in [2.05, 4.69) is 10.6 Å². The van der Waals surface area contributed by atoms with Crippen molar-refractivity contribution in [3.8, 4) is 0 Å². The van der Waals surface area contributed by atoms with E-state index in [9.17, 15) is 85.6 Å². The molecule has 0 saturated carbocycles. The van der Waals surface area contributed by atoms with E-state index in [1.807, 2.05) is 0 Å². The van der Waals surface area contributed by atoms with Gasteiger partial charge >= 0.3 is 5.97 Å². The van der Waals surface area contributed by atoms with E-state index in [0.717, 1.165) is 13.8 Å². The van der Waals surface area contributed by atoms with Crippen LogP contribution in [0, 0.1) is 0 Å². The number of amides is 2. The first kappa shape index (κ1) is 47.7. The Morgan fingerprint density at radius 1 is 0.821 bits per heavy atom. The van der Waals surface area contributed by atoms with Crippen LogP contribution in [0.15, 0.2) is 0 Å². The van der Waals surface area contributed by atoms with Gasteiger partial charge in [-0.2, -0.15) is 0 Å². The highest BCUT2D eigenvalue weighted by Gasteiger charge is 2.60. The molecule has 15 N–H and O–H groups in total. The zero-order chi connectivity index (χ0) is 42.4. The van der Waals surface area contributed by atoms with Gasteiger partial charge in [-0.15, -0.1) is 0 Å². The standard InChI is InChI=1S/C31H52N2O23/c1-9-18(43)21(46)22(47)28(51-9)53-24(12(5-34)32-10(2)38)25(15(42)7-36)54-29-23(48)27(20(45)16(8-37)52-29)56-31(30(49)50)4-13(40)17(33-11(3)39)26(55-31)19(44)14(41)6-35/h5,9,12-29,35-37,40-48H,4,6-8H2,1-3H3,(H,32,38)(H,33,39)(H,49,50)/t9-,12-,13+,14+,15-,16+,17-,18-,19-,20+,21+,22+,23+,24+,25+,26-,27-,28+,29-,31+/m1/s1. The van der Waals surface area contributed by atoms with Crippen molar-refractivity contribution in [3.63, 3.8) is 0 Å². The molecule has 25 nitrogen and oxygen atoms in total. The Balaban J connectivity index is 2.06. The van der Waals surface area contributed by atoms with Crippen molar-refractivity contribution in [2.75, 3.05) is 19.8 Å². The lowest BCUT2D eigenvalue weighted by molar-refractivity contribution is -0.380. The van der Waals surface area contributed by atoms with Crippen molar-refractivity contribution < 1.29 is 114 Å². The molecule has 3 aliphatic heterocycles. The molecule has 0 spiro atoms. The highest BCUT2D eigenvalue weighted by Crippen LogP contribution is 2.38. The van der Waals surface area contributed by atoms with Crippen molar-refractivity contribution in [3.05, 3.63) is 0 Å². The Kier molecular flexibility index (Phi) is 17.4. The number of aliphatic hydroxyl groups is 12. The molecule has 0 aliphatic carbocycles. The summed E-state index contributed by atoms with van der Waals surface area (Å²) >= 11 is 0. The molecular weight excluding hydrogens is 768 g/mol. The number of aliphatic carboxylic acids is 1. The van der Waals surface area contributed by atoms with Gasteiger partial charge in [-0.1, -0.05) is 0 Å². The van der Waals surface area contributed by atoms with Gasteiger partial charge in [0, 0.05) is 20.3 Å². The van der Waals surface area contributed by atoms with Crippen LogP contribution in [0.1, 0.15) is 27.2 Å². The fraction of sp³-hybridized carbons (Fsp3) is 0.871. The van der Waals surface area contributed by atoms with Crippen LogP contribution >= 0.6 is 0 Å². The summed E-state index contributed by atoms with van der Waals surface area (Å²) in [4.78, 5) is 49.1. The van der Waals surface area contributed by atoms with E-state index in [-0.39, 0.29) is 6.29 Å². The molecule has 324 valence electrons. The minimum Gasteiger partial charge on any atom is -0.477 e. The predicted molar refractivity (Wildman–Crippen MR) is 174 cm³/mol. The molecule has 25 heteroatoms. The van der Waals surface area contributed by atoms with Crippen LogP contribution in [-0.2, 0) is 47.6 Å². The van der Waals surface area contributed by atoms with E-state index >= 15 is 0 Å². The Morgan fingerprint density at radius 3 is 1.93 bits per heavy atom. The van der Waals surface area contributed by atoms with Gasteiger partial charge in [-0.25, -0.2) is 4.79 Å². The highest BCUT2D eigenvalue weighted by atomic mass is 16.8. The minimum atomic E-state index is -3.16. The third-order valence-corrected chi connectivity index (χ3v) is 9.49. The quantitative estimate of drug-likeness (QED) is 0.0571. The smallest absolute Gasteiger partial charge is 0.364 e. The molecule has 0 bridgehead atoms. The number of carbonyl (C=O) groups excluding carboxylic acids is 3. The summed E-state index contributed by atoms with van der Waals surface area (Å²) in [6, 6.07) is -3.47. The van der Waals surface area contributed by atoms with Crippen LogP contribution in [0.3, 0.4) is 0 Å². The Hall–Kier alpha value is -2.64. The number of carbonyl (C=O) groups is 4. The van der Waals surface area contributed by atoms with Crippen molar-refractivity contribution in [1.29, 1.82) is 0 Å². The predicted octanol–water partition coefficient (Wildman–Crippen LogP) is -9.39. The van der Waals surface area contributed by atoms with Gasteiger partial charge in [0.15, 0.2) is 12.6 Å². The van der Waals surface area contributed by atoms with Crippen LogP contribution in [0.25, 0.3) is 0 Å². The Morgan fingerprint density at radius 2 is 1.41 bits per heavy atom. The fourth-order valence-corrected chi connectivity index (χ4v) is 6.49. The van der Waals surface area contributed by atoms with Crippen LogP contribution in [-0.4, -0.2) is 232 Å². The summed E-state index contributed by atoms with van der Waals surface area (Å²) in [6.07, 6.45) is -35.3. The molecule has 3 rings (SSSR count).